The highest BCUT2D eigenvalue weighted by molar-refractivity contribution is 7.21. The number of phenols is 2. The van der Waals surface area contributed by atoms with E-state index in [2.05, 4.69) is 33.7 Å². The number of aromatic nitrogens is 1. The second-order valence-electron chi connectivity index (χ2n) is 9.45. The van der Waals surface area contributed by atoms with Crippen LogP contribution in [0.5, 0.6) is 23.0 Å². The van der Waals surface area contributed by atoms with Crippen molar-refractivity contribution in [2.45, 2.75) is 0 Å². The van der Waals surface area contributed by atoms with Gasteiger partial charge in [0.05, 0.1) is 40.6 Å². The van der Waals surface area contributed by atoms with E-state index in [9.17, 15) is 10.2 Å². The van der Waals surface area contributed by atoms with E-state index < -0.39 is 0 Å². The normalized spacial score (nSPS) is 11.1. The Kier molecular flexibility index (Phi) is 6.59. The SMILES string of the molecule is COc1cc(-c2cc3nc4cc(-c5ccc(O)c(OC)c5)c(=[N+](C)C)cc-4sc3cc2N(C)C)ccc1O. The maximum absolute atomic E-state index is 10.1. The van der Waals surface area contributed by atoms with Crippen LogP contribution in [0, 0.1) is 0 Å². The van der Waals surface area contributed by atoms with Gasteiger partial charge in [0.15, 0.2) is 23.0 Å². The maximum Gasteiger partial charge on any atom is 0.208 e. The summed E-state index contributed by atoms with van der Waals surface area (Å²) in [6.07, 6.45) is 0. The van der Waals surface area contributed by atoms with Crippen LogP contribution >= 0.6 is 11.3 Å². The average Bonchev–Trinajstić information content (AvgIpc) is 2.91. The predicted molar refractivity (Wildman–Crippen MR) is 155 cm³/mol. The lowest BCUT2D eigenvalue weighted by Gasteiger charge is -2.20. The van der Waals surface area contributed by atoms with E-state index in [1.54, 1.807) is 37.7 Å². The lowest BCUT2D eigenvalue weighted by Crippen LogP contribution is -2.24. The summed E-state index contributed by atoms with van der Waals surface area (Å²) < 4.78 is 13.9. The summed E-state index contributed by atoms with van der Waals surface area (Å²) in [7, 11) is 11.2. The molecular formula is C30H30N3O4S+. The molecule has 0 bridgehead atoms. The third-order valence-electron chi connectivity index (χ3n) is 6.56. The molecule has 0 saturated carbocycles. The van der Waals surface area contributed by atoms with Crippen molar-refractivity contribution in [3.05, 3.63) is 66.0 Å². The van der Waals surface area contributed by atoms with Crippen LogP contribution in [0.4, 0.5) is 5.69 Å². The molecule has 0 spiro atoms. The molecule has 0 aromatic heterocycles. The van der Waals surface area contributed by atoms with Crippen molar-refractivity contribution in [1.29, 1.82) is 0 Å². The van der Waals surface area contributed by atoms with E-state index in [0.29, 0.717) is 11.5 Å². The van der Waals surface area contributed by atoms with Gasteiger partial charge in [-0.3, -0.25) is 0 Å². The summed E-state index contributed by atoms with van der Waals surface area (Å²) in [5.74, 6) is 1.05. The third-order valence-corrected chi connectivity index (χ3v) is 7.65. The quantitative estimate of drug-likeness (QED) is 0.239. The first-order valence-electron chi connectivity index (χ1n) is 12.0. The molecule has 2 aliphatic rings. The Morgan fingerprint density at radius 3 is 1.95 bits per heavy atom. The van der Waals surface area contributed by atoms with Crippen molar-refractivity contribution >= 4 is 27.2 Å². The Morgan fingerprint density at radius 2 is 1.39 bits per heavy atom. The molecule has 2 N–H and O–H groups in total. The first-order valence-corrected chi connectivity index (χ1v) is 12.9. The van der Waals surface area contributed by atoms with Crippen LogP contribution in [-0.2, 0) is 0 Å². The monoisotopic (exact) mass is 528 g/mol. The highest BCUT2D eigenvalue weighted by Crippen LogP contribution is 2.41. The molecule has 1 heterocycles. The second-order valence-corrected chi connectivity index (χ2v) is 10.5. The van der Waals surface area contributed by atoms with Crippen LogP contribution < -0.4 is 24.3 Å². The van der Waals surface area contributed by atoms with Gasteiger partial charge in [0.1, 0.15) is 14.1 Å². The van der Waals surface area contributed by atoms with Gasteiger partial charge in [0.2, 0.25) is 5.36 Å². The number of aromatic hydroxyl groups is 2. The number of fused-ring (bicyclic) bond motifs is 2. The van der Waals surface area contributed by atoms with Crippen LogP contribution in [0.1, 0.15) is 0 Å². The zero-order chi connectivity index (χ0) is 27.1. The van der Waals surface area contributed by atoms with Crippen molar-refractivity contribution in [2.24, 2.45) is 0 Å². The van der Waals surface area contributed by atoms with Crippen LogP contribution in [-0.4, -0.2) is 57.6 Å². The highest BCUT2D eigenvalue weighted by atomic mass is 32.1. The zero-order valence-corrected chi connectivity index (χ0v) is 23.1. The van der Waals surface area contributed by atoms with Crippen LogP contribution in [0.25, 0.3) is 43.0 Å². The topological polar surface area (TPSA) is 78.1 Å². The van der Waals surface area contributed by atoms with E-state index >= 15 is 0 Å². The molecular weight excluding hydrogens is 498 g/mol. The van der Waals surface area contributed by atoms with Crippen LogP contribution in [0.2, 0.25) is 0 Å². The summed E-state index contributed by atoms with van der Waals surface area (Å²) in [6, 6.07) is 19.3. The van der Waals surface area contributed by atoms with Gasteiger partial charge in [-0.25, -0.2) is 9.56 Å². The Bertz CT molecular complexity index is 1720. The number of hydrogen-bond donors (Lipinski definition) is 2. The molecule has 0 atom stereocenters. The molecule has 1 aliphatic carbocycles. The molecule has 0 saturated heterocycles. The summed E-state index contributed by atoms with van der Waals surface area (Å²) in [5, 5.41) is 21.3. The average molecular weight is 529 g/mol. The van der Waals surface area contributed by atoms with E-state index in [1.807, 2.05) is 52.5 Å². The van der Waals surface area contributed by atoms with Gasteiger partial charge in [-0.05, 0) is 53.6 Å². The van der Waals surface area contributed by atoms with Crippen molar-refractivity contribution in [3.8, 4) is 55.8 Å². The lowest BCUT2D eigenvalue weighted by atomic mass is 10.0. The minimum absolute atomic E-state index is 0.102. The summed E-state index contributed by atoms with van der Waals surface area (Å²) >= 11 is 1.70. The number of nitrogens with zero attached hydrogens (tertiary/aromatic N) is 3. The van der Waals surface area contributed by atoms with Gasteiger partial charge in [0.25, 0.3) is 0 Å². The maximum atomic E-state index is 10.1. The molecule has 0 fully saturated rings. The molecule has 3 aromatic rings. The molecule has 38 heavy (non-hydrogen) atoms. The number of methoxy groups -OCH3 is 2. The zero-order valence-electron chi connectivity index (χ0n) is 22.2. The number of rotatable bonds is 5. The number of anilines is 1. The van der Waals surface area contributed by atoms with E-state index in [-0.39, 0.29) is 11.5 Å². The fourth-order valence-corrected chi connectivity index (χ4v) is 5.59. The van der Waals surface area contributed by atoms with Gasteiger partial charge in [-0.2, -0.15) is 0 Å². The summed E-state index contributed by atoms with van der Waals surface area (Å²) in [5.41, 5.74) is 6.64. The molecule has 8 heteroatoms. The minimum Gasteiger partial charge on any atom is -0.504 e. The van der Waals surface area contributed by atoms with Crippen molar-refractivity contribution < 1.29 is 19.7 Å². The largest absolute Gasteiger partial charge is 0.504 e. The number of ether oxygens (including phenoxy) is 2. The molecule has 3 aromatic carbocycles. The first kappa shape index (κ1) is 25.4. The van der Waals surface area contributed by atoms with E-state index in [1.165, 1.54) is 0 Å². The standard InChI is InChI=1S/C30H29N3O4S/c1-32(2)23-15-29-21(13-19(23)17-7-9-25(34)27(11-17)36-5)31-22-14-20(24(33(3)4)16-30(22)38-29)18-8-10-26(35)28(12-18)37-6/h7-16H,1-6H3,(H-,31,34,35)/p+1. The first-order chi connectivity index (χ1) is 18.2. The van der Waals surface area contributed by atoms with Gasteiger partial charge in [0, 0.05) is 31.4 Å². The third kappa shape index (κ3) is 4.48. The molecule has 1 aliphatic heterocycles. The van der Waals surface area contributed by atoms with Crippen molar-refractivity contribution in [2.75, 3.05) is 47.3 Å². The fourth-order valence-electron chi connectivity index (χ4n) is 4.59. The molecule has 7 nitrogen and oxygen atoms in total. The van der Waals surface area contributed by atoms with Crippen LogP contribution in [0.15, 0.2) is 60.7 Å². The number of benzene rings is 4. The van der Waals surface area contributed by atoms with E-state index in [4.69, 9.17) is 14.5 Å². The van der Waals surface area contributed by atoms with Gasteiger partial charge in [-0.1, -0.05) is 12.1 Å². The Labute approximate surface area is 225 Å². The Morgan fingerprint density at radius 1 is 0.789 bits per heavy atom. The molecule has 5 rings (SSSR count). The number of phenolic OH excluding ortho intramolecular Hbond substituents is 2. The molecule has 194 valence electrons. The molecule has 0 unspecified atom stereocenters. The van der Waals surface area contributed by atoms with Crippen LogP contribution in [0.3, 0.4) is 0 Å². The summed E-state index contributed by atoms with van der Waals surface area (Å²) in [4.78, 5) is 8.23. The van der Waals surface area contributed by atoms with Gasteiger partial charge >= 0.3 is 0 Å². The van der Waals surface area contributed by atoms with E-state index in [0.717, 1.165) is 54.1 Å². The van der Waals surface area contributed by atoms with Gasteiger partial charge in [-0.15, -0.1) is 11.3 Å². The minimum atomic E-state index is 0.102. The van der Waals surface area contributed by atoms with Gasteiger partial charge < -0.3 is 24.6 Å². The second kappa shape index (κ2) is 9.87. The predicted octanol–water partition coefficient (Wildman–Crippen LogP) is 5.26. The molecule has 0 radical (unpaired) electrons. The van der Waals surface area contributed by atoms with Crippen molar-refractivity contribution in [3.63, 3.8) is 0 Å². The lowest BCUT2D eigenvalue weighted by molar-refractivity contribution is 0.373. The fraction of sp³-hybridized carbons (Fsp3) is 0.200. The Balaban J connectivity index is 1.77. The molecule has 0 amide bonds. The Hall–Kier alpha value is -4.30. The summed E-state index contributed by atoms with van der Waals surface area (Å²) in [6.45, 7) is 0. The highest BCUT2D eigenvalue weighted by Gasteiger charge is 2.19. The smallest absolute Gasteiger partial charge is 0.208 e. The number of hydrogen-bond acceptors (Lipinski definition) is 7. The van der Waals surface area contributed by atoms with Crippen molar-refractivity contribution in [1.82, 2.24) is 9.56 Å².